The van der Waals surface area contributed by atoms with E-state index in [4.69, 9.17) is 34.8 Å². The normalized spacial score (nSPS) is 18.6. The molecule has 1 aliphatic rings. The minimum absolute atomic E-state index is 0.248. The summed E-state index contributed by atoms with van der Waals surface area (Å²) in [5, 5.41) is 2.87. The van der Waals surface area contributed by atoms with Crippen LogP contribution in [-0.4, -0.2) is 29.0 Å². The molecule has 0 unspecified atom stereocenters. The molecule has 1 saturated heterocycles. The first-order chi connectivity index (χ1) is 11.0. The quantitative estimate of drug-likeness (QED) is 0.615. The largest absolute Gasteiger partial charge is 0.312 e. The van der Waals surface area contributed by atoms with Gasteiger partial charge in [0, 0.05) is 6.08 Å². The number of nitrogens with one attached hydrogen (secondary N) is 2. The van der Waals surface area contributed by atoms with Gasteiger partial charge in [0.05, 0.1) is 13.1 Å². The third-order valence-corrected chi connectivity index (χ3v) is 4.65. The van der Waals surface area contributed by atoms with Crippen LogP contribution in [0.5, 0.6) is 0 Å². The Hall–Kier alpha value is -0.740. The van der Waals surface area contributed by atoms with Crippen molar-refractivity contribution in [1.82, 2.24) is 5.32 Å². The van der Waals surface area contributed by atoms with Crippen LogP contribution < -0.4 is 10.2 Å². The number of carbonyl (C=O) groups excluding carboxylic acids is 1. The summed E-state index contributed by atoms with van der Waals surface area (Å²) in [4.78, 5) is 13.3. The number of quaternary nitrogens is 1. The van der Waals surface area contributed by atoms with Crippen molar-refractivity contribution in [1.29, 1.82) is 0 Å². The Kier molecular flexibility index (Phi) is 7.22. The van der Waals surface area contributed by atoms with Gasteiger partial charge in [-0.3, -0.25) is 10.1 Å². The molecule has 0 aromatic heterocycles. The zero-order valence-corrected chi connectivity index (χ0v) is 15.2. The molecular weight excluding hydrogens is 355 g/mol. The van der Waals surface area contributed by atoms with Gasteiger partial charge in [-0.25, -0.2) is 0 Å². The molecule has 0 spiro atoms. The molecule has 0 bridgehead atoms. The van der Waals surface area contributed by atoms with Crippen molar-refractivity contribution in [3.8, 4) is 0 Å². The minimum Gasteiger partial charge on any atom is -0.312 e. The SMILES string of the molecule is O=C(/C=C/c1ccccc1)N[C@H]([NH+]1CCCCCC1)C(Cl)(Cl)Cl. The van der Waals surface area contributed by atoms with E-state index >= 15 is 0 Å². The number of rotatable bonds is 4. The van der Waals surface area contributed by atoms with E-state index < -0.39 is 9.96 Å². The lowest BCUT2D eigenvalue weighted by Crippen LogP contribution is -3.19. The van der Waals surface area contributed by atoms with E-state index in [0.29, 0.717) is 0 Å². The molecule has 1 amide bonds. The van der Waals surface area contributed by atoms with E-state index in [9.17, 15) is 4.79 Å². The molecule has 1 aliphatic heterocycles. The van der Waals surface area contributed by atoms with Gasteiger partial charge in [-0.05, 0) is 37.3 Å². The highest BCUT2D eigenvalue weighted by atomic mass is 35.6. The fourth-order valence-corrected chi connectivity index (χ4v) is 3.44. The third kappa shape index (κ3) is 6.34. The van der Waals surface area contributed by atoms with E-state index in [1.807, 2.05) is 30.3 Å². The third-order valence-electron chi connectivity index (χ3n) is 3.99. The minimum atomic E-state index is -1.53. The van der Waals surface area contributed by atoms with Crippen molar-refractivity contribution < 1.29 is 9.69 Å². The van der Waals surface area contributed by atoms with Crippen molar-refractivity contribution in [2.75, 3.05) is 13.1 Å². The lowest BCUT2D eigenvalue weighted by Gasteiger charge is -2.32. The van der Waals surface area contributed by atoms with Gasteiger partial charge >= 0.3 is 0 Å². The Morgan fingerprint density at radius 3 is 2.26 bits per heavy atom. The summed E-state index contributed by atoms with van der Waals surface area (Å²) in [5.41, 5.74) is 0.954. The van der Waals surface area contributed by atoms with Crippen molar-refractivity contribution in [2.24, 2.45) is 0 Å². The van der Waals surface area contributed by atoms with E-state index in [2.05, 4.69) is 5.32 Å². The van der Waals surface area contributed by atoms with Crippen LogP contribution in [0.4, 0.5) is 0 Å². The van der Waals surface area contributed by atoms with Gasteiger partial charge < -0.3 is 4.90 Å². The van der Waals surface area contributed by atoms with Crippen molar-refractivity contribution in [3.05, 3.63) is 42.0 Å². The molecule has 1 aromatic rings. The van der Waals surface area contributed by atoms with Crippen molar-refractivity contribution >= 4 is 46.8 Å². The van der Waals surface area contributed by atoms with Crippen LogP contribution in [0.15, 0.2) is 36.4 Å². The first-order valence-electron chi connectivity index (χ1n) is 7.92. The number of benzene rings is 1. The first kappa shape index (κ1) is 18.6. The zero-order valence-electron chi connectivity index (χ0n) is 12.9. The average Bonchev–Trinajstić information content (AvgIpc) is 2.79. The number of likely N-dealkylation sites (tertiary alicyclic amines) is 1. The lowest BCUT2D eigenvalue weighted by atomic mass is 10.2. The van der Waals surface area contributed by atoms with Crippen LogP contribution >= 0.6 is 34.8 Å². The molecule has 2 N–H and O–H groups in total. The zero-order chi connectivity index (χ0) is 16.7. The number of halogens is 3. The number of amides is 1. The molecule has 0 radical (unpaired) electrons. The number of hydrogen-bond donors (Lipinski definition) is 2. The predicted octanol–water partition coefficient (Wildman–Crippen LogP) is 2.97. The Bertz CT molecular complexity index is 520. The van der Waals surface area contributed by atoms with Crippen LogP contribution in [0.2, 0.25) is 0 Å². The van der Waals surface area contributed by atoms with Crippen LogP contribution in [-0.2, 0) is 4.79 Å². The summed E-state index contributed by atoms with van der Waals surface area (Å²) in [7, 11) is 0. The second kappa shape index (κ2) is 8.93. The summed E-state index contributed by atoms with van der Waals surface area (Å²) < 4.78 is -1.53. The Morgan fingerprint density at radius 2 is 1.70 bits per heavy atom. The maximum Gasteiger partial charge on any atom is 0.262 e. The van der Waals surface area contributed by atoms with Crippen LogP contribution in [0.3, 0.4) is 0 Å². The van der Waals surface area contributed by atoms with Gasteiger partial charge in [-0.2, -0.15) is 0 Å². The predicted molar refractivity (Wildman–Crippen MR) is 96.9 cm³/mol. The molecule has 3 nitrogen and oxygen atoms in total. The van der Waals surface area contributed by atoms with E-state index in [1.54, 1.807) is 6.08 Å². The molecular formula is C17H22Cl3N2O+. The molecule has 1 heterocycles. The van der Waals surface area contributed by atoms with Crippen molar-refractivity contribution in [3.63, 3.8) is 0 Å². The smallest absolute Gasteiger partial charge is 0.262 e. The molecule has 126 valence electrons. The first-order valence-corrected chi connectivity index (χ1v) is 9.05. The van der Waals surface area contributed by atoms with Crippen LogP contribution in [0.25, 0.3) is 6.08 Å². The summed E-state index contributed by atoms with van der Waals surface area (Å²) in [6.45, 7) is 1.81. The van der Waals surface area contributed by atoms with Gasteiger partial charge in [0.25, 0.3) is 3.79 Å². The maximum atomic E-state index is 12.2. The highest BCUT2D eigenvalue weighted by Gasteiger charge is 2.41. The Morgan fingerprint density at radius 1 is 1.09 bits per heavy atom. The summed E-state index contributed by atoms with van der Waals surface area (Å²) in [6, 6.07) is 9.62. The standard InChI is InChI=1S/C17H21Cl3N2O/c18-17(19,20)16(22-12-6-1-2-7-13-22)21-15(23)11-10-14-8-4-3-5-9-14/h3-5,8-11,16H,1-2,6-7,12-13H2,(H,21,23)/p+1/b11-10+/t16-/m1/s1. The molecule has 0 aliphatic carbocycles. The molecule has 1 atom stereocenters. The summed E-state index contributed by atoms with van der Waals surface area (Å²) in [5.74, 6) is -0.248. The van der Waals surface area contributed by atoms with Gasteiger partial charge in [0.2, 0.25) is 12.1 Å². The fourth-order valence-electron chi connectivity index (χ4n) is 2.81. The maximum absolute atomic E-state index is 12.2. The van der Waals surface area contributed by atoms with E-state index in [1.165, 1.54) is 18.9 Å². The van der Waals surface area contributed by atoms with Gasteiger partial charge in [0.1, 0.15) is 0 Å². The molecule has 6 heteroatoms. The second-order valence-electron chi connectivity index (χ2n) is 5.80. The van der Waals surface area contributed by atoms with Crippen LogP contribution in [0.1, 0.15) is 31.2 Å². The highest BCUT2D eigenvalue weighted by Crippen LogP contribution is 2.28. The van der Waals surface area contributed by atoms with Crippen LogP contribution in [0, 0.1) is 0 Å². The van der Waals surface area contributed by atoms with E-state index in [0.717, 1.165) is 36.4 Å². The molecule has 23 heavy (non-hydrogen) atoms. The van der Waals surface area contributed by atoms with Gasteiger partial charge in [0.15, 0.2) is 0 Å². The Labute approximate surface area is 152 Å². The fraction of sp³-hybridized carbons (Fsp3) is 0.471. The topological polar surface area (TPSA) is 33.5 Å². The number of carbonyl (C=O) groups is 1. The van der Waals surface area contributed by atoms with Gasteiger partial charge in [-0.1, -0.05) is 65.1 Å². The van der Waals surface area contributed by atoms with Gasteiger partial charge in [-0.15, -0.1) is 0 Å². The molecule has 1 fully saturated rings. The average molecular weight is 377 g/mol. The highest BCUT2D eigenvalue weighted by molar-refractivity contribution is 6.68. The summed E-state index contributed by atoms with van der Waals surface area (Å²) >= 11 is 18.4. The molecule has 1 aromatic carbocycles. The monoisotopic (exact) mass is 375 g/mol. The lowest BCUT2D eigenvalue weighted by molar-refractivity contribution is -0.926. The molecule has 2 rings (SSSR count). The van der Waals surface area contributed by atoms with Crippen molar-refractivity contribution in [2.45, 2.75) is 35.6 Å². The summed E-state index contributed by atoms with van der Waals surface area (Å²) in [6.07, 6.45) is 7.25. The van der Waals surface area contributed by atoms with E-state index in [-0.39, 0.29) is 5.91 Å². The number of alkyl halides is 3. The number of hydrogen-bond acceptors (Lipinski definition) is 1. The molecule has 0 saturated carbocycles. The Balaban J connectivity index is 2.02. The second-order valence-corrected chi connectivity index (χ2v) is 8.17.